The van der Waals surface area contributed by atoms with E-state index in [4.69, 9.17) is 0 Å². The summed E-state index contributed by atoms with van der Waals surface area (Å²) in [7, 11) is 0. The van der Waals surface area contributed by atoms with Gasteiger partial charge in [0.15, 0.2) is 0 Å². The van der Waals surface area contributed by atoms with Crippen LogP contribution in [0.4, 0.5) is 0 Å². The van der Waals surface area contributed by atoms with Gasteiger partial charge in [-0.1, -0.05) is 49.1 Å². The molecular formula is C25H34O2S. The Hall–Kier alpha value is -2.00. The van der Waals surface area contributed by atoms with E-state index >= 15 is 0 Å². The van der Waals surface area contributed by atoms with Crippen LogP contribution in [0.15, 0.2) is 46.9 Å². The standard InChI is InChI=1S/C25H34O2S/c1-5-6-7-12-20-17-22(26)21(15-14-19(4)11-8-10-18(2)3)25(27)24(20)23-13-9-16-28-23/h9-10,13-14,16-17,26-27H,5-8,11-12,15H2,1-4H3. The maximum atomic E-state index is 11.0. The van der Waals surface area contributed by atoms with Crippen molar-refractivity contribution in [2.45, 2.75) is 72.6 Å². The minimum absolute atomic E-state index is 0.206. The van der Waals surface area contributed by atoms with E-state index in [0.29, 0.717) is 12.0 Å². The van der Waals surface area contributed by atoms with Gasteiger partial charge in [0, 0.05) is 16.0 Å². The molecule has 0 aliphatic carbocycles. The van der Waals surface area contributed by atoms with Crippen molar-refractivity contribution in [2.24, 2.45) is 0 Å². The Morgan fingerprint density at radius 1 is 1.11 bits per heavy atom. The summed E-state index contributed by atoms with van der Waals surface area (Å²) < 4.78 is 0. The molecule has 0 aliphatic heterocycles. The number of phenols is 2. The van der Waals surface area contributed by atoms with Crippen LogP contribution in [-0.2, 0) is 12.8 Å². The first-order valence-corrected chi connectivity index (χ1v) is 11.2. The van der Waals surface area contributed by atoms with Gasteiger partial charge in [-0.3, -0.25) is 0 Å². The van der Waals surface area contributed by atoms with Gasteiger partial charge in [0.1, 0.15) is 11.5 Å². The van der Waals surface area contributed by atoms with Gasteiger partial charge in [0.2, 0.25) is 0 Å². The molecule has 0 fully saturated rings. The SMILES string of the molecule is CCCCCc1cc(O)c(CC=C(C)CCC=C(C)C)c(O)c1-c1cccs1. The number of aryl methyl sites for hydroxylation is 1. The Labute approximate surface area is 174 Å². The topological polar surface area (TPSA) is 40.5 Å². The number of benzene rings is 1. The third-order valence-electron chi connectivity index (χ3n) is 5.03. The zero-order chi connectivity index (χ0) is 20.5. The first kappa shape index (κ1) is 22.3. The van der Waals surface area contributed by atoms with Crippen LogP contribution in [0, 0.1) is 0 Å². The van der Waals surface area contributed by atoms with Crippen molar-refractivity contribution < 1.29 is 10.2 Å². The number of allylic oxidation sites excluding steroid dienone is 4. The molecule has 0 bridgehead atoms. The molecular weight excluding hydrogens is 364 g/mol. The first-order chi connectivity index (χ1) is 13.4. The van der Waals surface area contributed by atoms with Crippen LogP contribution in [-0.4, -0.2) is 10.2 Å². The van der Waals surface area contributed by atoms with E-state index in [9.17, 15) is 10.2 Å². The van der Waals surface area contributed by atoms with Crippen molar-refractivity contribution in [2.75, 3.05) is 0 Å². The van der Waals surface area contributed by atoms with E-state index in [1.54, 1.807) is 11.3 Å². The molecule has 0 unspecified atom stereocenters. The van der Waals surface area contributed by atoms with Crippen molar-refractivity contribution in [1.82, 2.24) is 0 Å². The van der Waals surface area contributed by atoms with Crippen LogP contribution in [0.3, 0.4) is 0 Å². The Morgan fingerprint density at radius 2 is 1.89 bits per heavy atom. The van der Waals surface area contributed by atoms with Crippen molar-refractivity contribution >= 4 is 11.3 Å². The molecule has 0 amide bonds. The van der Waals surface area contributed by atoms with Crippen molar-refractivity contribution in [3.63, 3.8) is 0 Å². The molecule has 2 rings (SSSR count). The third kappa shape index (κ3) is 6.27. The van der Waals surface area contributed by atoms with Gasteiger partial charge >= 0.3 is 0 Å². The lowest BCUT2D eigenvalue weighted by molar-refractivity contribution is 0.441. The quantitative estimate of drug-likeness (QED) is 0.317. The van der Waals surface area contributed by atoms with E-state index in [1.165, 1.54) is 11.1 Å². The number of hydrogen-bond acceptors (Lipinski definition) is 3. The van der Waals surface area contributed by atoms with Crippen LogP contribution in [0.5, 0.6) is 11.5 Å². The lowest BCUT2D eigenvalue weighted by Crippen LogP contribution is -1.96. The summed E-state index contributed by atoms with van der Waals surface area (Å²) in [6.07, 6.45) is 11.2. The maximum Gasteiger partial charge on any atom is 0.131 e. The molecule has 1 aromatic heterocycles. The summed E-state index contributed by atoms with van der Waals surface area (Å²) in [6, 6.07) is 5.92. The zero-order valence-electron chi connectivity index (χ0n) is 17.7. The van der Waals surface area contributed by atoms with Gasteiger partial charge in [-0.2, -0.15) is 0 Å². The molecule has 2 N–H and O–H groups in total. The van der Waals surface area contributed by atoms with Crippen molar-refractivity contribution in [3.05, 3.63) is 58.0 Å². The molecule has 3 heteroatoms. The molecule has 1 aromatic carbocycles. The minimum atomic E-state index is 0.206. The number of hydrogen-bond donors (Lipinski definition) is 2. The predicted molar refractivity (Wildman–Crippen MR) is 122 cm³/mol. The molecule has 2 nitrogen and oxygen atoms in total. The number of rotatable bonds is 10. The molecule has 0 saturated carbocycles. The second kappa shape index (κ2) is 11.1. The fraction of sp³-hybridized carbons (Fsp3) is 0.440. The van der Waals surface area contributed by atoms with E-state index in [2.05, 4.69) is 39.8 Å². The van der Waals surface area contributed by atoms with Gasteiger partial charge in [-0.05, 0) is 76.0 Å². The second-order valence-electron chi connectivity index (χ2n) is 7.77. The highest BCUT2D eigenvalue weighted by Gasteiger charge is 2.18. The molecule has 28 heavy (non-hydrogen) atoms. The molecule has 0 radical (unpaired) electrons. The smallest absolute Gasteiger partial charge is 0.131 e. The molecule has 0 aliphatic rings. The van der Waals surface area contributed by atoms with Crippen molar-refractivity contribution in [3.8, 4) is 21.9 Å². The number of unbranched alkanes of at least 4 members (excludes halogenated alkanes) is 2. The molecule has 2 aromatic rings. The highest BCUT2D eigenvalue weighted by atomic mass is 32.1. The highest BCUT2D eigenvalue weighted by Crippen LogP contribution is 2.43. The Bertz CT molecular complexity index is 810. The summed E-state index contributed by atoms with van der Waals surface area (Å²) in [6.45, 7) is 8.53. The Balaban J connectivity index is 2.30. The zero-order valence-corrected chi connectivity index (χ0v) is 18.5. The van der Waals surface area contributed by atoms with Gasteiger partial charge in [-0.15, -0.1) is 11.3 Å². The monoisotopic (exact) mass is 398 g/mol. The molecule has 0 saturated heterocycles. The van der Waals surface area contributed by atoms with E-state index in [-0.39, 0.29) is 11.5 Å². The van der Waals surface area contributed by atoms with Gasteiger partial charge < -0.3 is 10.2 Å². The largest absolute Gasteiger partial charge is 0.508 e. The van der Waals surface area contributed by atoms with Crippen molar-refractivity contribution in [1.29, 1.82) is 0 Å². The van der Waals surface area contributed by atoms with Crippen LogP contribution in [0.25, 0.3) is 10.4 Å². The van der Waals surface area contributed by atoms with Gasteiger partial charge in [0.25, 0.3) is 0 Å². The summed E-state index contributed by atoms with van der Waals surface area (Å²) >= 11 is 1.63. The number of aromatic hydroxyl groups is 2. The first-order valence-electron chi connectivity index (χ1n) is 10.3. The van der Waals surface area contributed by atoms with Crippen LogP contribution < -0.4 is 0 Å². The van der Waals surface area contributed by atoms with Crippen LogP contribution in [0.2, 0.25) is 0 Å². The molecule has 1 heterocycles. The summed E-state index contributed by atoms with van der Waals surface area (Å²) in [5, 5.41) is 23.7. The van der Waals surface area contributed by atoms with Crippen LogP contribution >= 0.6 is 11.3 Å². The molecule has 152 valence electrons. The van der Waals surface area contributed by atoms with E-state index in [0.717, 1.165) is 54.5 Å². The summed E-state index contributed by atoms with van der Waals surface area (Å²) in [5.74, 6) is 0.444. The Morgan fingerprint density at radius 3 is 2.54 bits per heavy atom. The Kier molecular flexibility index (Phi) is 8.85. The van der Waals surface area contributed by atoms with Gasteiger partial charge in [0.05, 0.1) is 0 Å². The number of thiophene rings is 1. The molecule has 0 atom stereocenters. The molecule has 0 spiro atoms. The lowest BCUT2D eigenvalue weighted by Gasteiger charge is -2.16. The average molecular weight is 399 g/mol. The normalized spacial score (nSPS) is 11.6. The van der Waals surface area contributed by atoms with E-state index < -0.39 is 0 Å². The summed E-state index contributed by atoms with van der Waals surface area (Å²) in [5.41, 5.74) is 5.18. The summed E-state index contributed by atoms with van der Waals surface area (Å²) in [4.78, 5) is 1.06. The number of phenolic OH excluding ortho intramolecular Hbond substituents is 2. The third-order valence-corrected chi connectivity index (χ3v) is 5.91. The van der Waals surface area contributed by atoms with Gasteiger partial charge in [-0.25, -0.2) is 0 Å². The predicted octanol–water partition coefficient (Wildman–Crippen LogP) is 7.79. The fourth-order valence-electron chi connectivity index (χ4n) is 3.38. The van der Waals surface area contributed by atoms with E-state index in [1.807, 2.05) is 23.6 Å². The fourth-order valence-corrected chi connectivity index (χ4v) is 4.18. The van der Waals surface area contributed by atoms with Crippen LogP contribution in [0.1, 0.15) is 70.9 Å². The maximum absolute atomic E-state index is 11.0. The second-order valence-corrected chi connectivity index (χ2v) is 8.71. The highest BCUT2D eigenvalue weighted by molar-refractivity contribution is 7.13. The average Bonchev–Trinajstić information content (AvgIpc) is 3.15. The minimum Gasteiger partial charge on any atom is -0.508 e. The lowest BCUT2D eigenvalue weighted by atomic mass is 9.94.